The fourth-order valence-corrected chi connectivity index (χ4v) is 5.86. The summed E-state index contributed by atoms with van der Waals surface area (Å²) in [7, 11) is 1.93. The van der Waals surface area contributed by atoms with Gasteiger partial charge in [-0.15, -0.1) is 0 Å². The molecule has 0 bridgehead atoms. The Balaban J connectivity index is 1.53. The molecule has 4 aromatic rings. The maximum Gasteiger partial charge on any atom is 0.407 e. The number of aromatic nitrogens is 3. The molecule has 2 amide bonds. The molecule has 0 atom stereocenters. The summed E-state index contributed by atoms with van der Waals surface area (Å²) >= 11 is 7.56. The number of nitrogens with one attached hydrogen (secondary N) is 3. The molecule has 0 aliphatic rings. The van der Waals surface area contributed by atoms with Gasteiger partial charge in [-0.3, -0.25) is 14.2 Å². The number of H-pyrrole nitrogens is 1. The molecule has 2 aromatic carbocycles. The first-order chi connectivity index (χ1) is 20.8. The fraction of sp³-hybridized carbons (Fsp3) is 0.424. The van der Waals surface area contributed by atoms with Gasteiger partial charge in [-0.2, -0.15) is 5.10 Å². The second-order valence-electron chi connectivity index (χ2n) is 11.9. The Labute approximate surface area is 268 Å². The molecule has 3 N–H and O–H groups in total. The number of nitrogens with zero attached hydrogens (tertiary/aromatic N) is 2. The number of halogens is 1. The van der Waals surface area contributed by atoms with Crippen molar-refractivity contribution in [3.63, 3.8) is 0 Å². The molecular formula is C33H42ClN5O4S. The van der Waals surface area contributed by atoms with Gasteiger partial charge in [0.15, 0.2) is 0 Å². The Bertz CT molecular complexity index is 1650. The highest BCUT2D eigenvalue weighted by Gasteiger charge is 2.22. The van der Waals surface area contributed by atoms with Crippen LogP contribution in [-0.2, 0) is 18.2 Å². The van der Waals surface area contributed by atoms with Crippen molar-refractivity contribution in [2.45, 2.75) is 66.9 Å². The van der Waals surface area contributed by atoms with Gasteiger partial charge in [0.1, 0.15) is 17.0 Å². The van der Waals surface area contributed by atoms with Gasteiger partial charge in [0.2, 0.25) is 0 Å². The van der Waals surface area contributed by atoms with Crippen LogP contribution in [0.3, 0.4) is 0 Å². The van der Waals surface area contributed by atoms with E-state index in [4.69, 9.17) is 21.1 Å². The second kappa shape index (κ2) is 14.0. The van der Waals surface area contributed by atoms with Crippen LogP contribution in [0, 0.1) is 27.7 Å². The highest BCUT2D eigenvalue weighted by Crippen LogP contribution is 2.36. The van der Waals surface area contributed by atoms with Crippen molar-refractivity contribution in [2.24, 2.45) is 7.05 Å². The molecule has 2 heterocycles. The van der Waals surface area contributed by atoms with Crippen molar-refractivity contribution in [3.05, 3.63) is 69.1 Å². The molecule has 0 unspecified atom stereocenters. The van der Waals surface area contributed by atoms with Gasteiger partial charge in [0.05, 0.1) is 17.8 Å². The van der Waals surface area contributed by atoms with Crippen LogP contribution in [-0.4, -0.2) is 51.3 Å². The molecule has 44 heavy (non-hydrogen) atoms. The van der Waals surface area contributed by atoms with E-state index in [1.165, 1.54) is 11.9 Å². The monoisotopic (exact) mass is 639 g/mol. The van der Waals surface area contributed by atoms with E-state index in [0.29, 0.717) is 37.4 Å². The predicted molar refractivity (Wildman–Crippen MR) is 179 cm³/mol. The van der Waals surface area contributed by atoms with Crippen molar-refractivity contribution in [1.29, 1.82) is 0 Å². The minimum Gasteiger partial charge on any atom is -0.494 e. The average molecular weight is 640 g/mol. The number of amides is 2. The third-order valence-electron chi connectivity index (χ3n) is 7.23. The first-order valence-electron chi connectivity index (χ1n) is 14.7. The number of hydrogen-bond acceptors (Lipinski definition) is 6. The largest absolute Gasteiger partial charge is 0.494 e. The zero-order valence-electron chi connectivity index (χ0n) is 26.7. The second-order valence-corrected chi connectivity index (χ2v) is 13.2. The molecule has 2 aromatic heterocycles. The van der Waals surface area contributed by atoms with Gasteiger partial charge in [-0.1, -0.05) is 29.8 Å². The van der Waals surface area contributed by atoms with Crippen LogP contribution in [0.15, 0.2) is 30.3 Å². The normalized spacial score (nSPS) is 11.6. The van der Waals surface area contributed by atoms with E-state index in [1.54, 1.807) is 0 Å². The predicted octanol–water partition coefficient (Wildman–Crippen LogP) is 7.37. The number of fused-ring (bicyclic) bond motifs is 1. The zero-order valence-corrected chi connectivity index (χ0v) is 28.3. The lowest BCUT2D eigenvalue weighted by Gasteiger charge is -2.19. The number of ether oxygens (including phenoxy) is 2. The quantitative estimate of drug-likeness (QED) is 0.117. The number of carbonyl (C=O) groups is 2. The lowest BCUT2D eigenvalue weighted by atomic mass is 9.98. The summed E-state index contributed by atoms with van der Waals surface area (Å²) in [5.74, 6) is 1.03. The van der Waals surface area contributed by atoms with Crippen molar-refractivity contribution >= 4 is 46.5 Å². The number of aryl methyl sites for hydroxylation is 5. The highest BCUT2D eigenvalue weighted by molar-refractivity contribution is 7.97. The molecule has 0 radical (unpaired) electrons. The molecule has 4 rings (SSSR count). The van der Waals surface area contributed by atoms with Crippen LogP contribution in [0.1, 0.15) is 65.8 Å². The van der Waals surface area contributed by atoms with Gasteiger partial charge in [-0.25, -0.2) is 4.79 Å². The maximum atomic E-state index is 13.5. The van der Waals surface area contributed by atoms with Crippen LogP contribution in [0.25, 0.3) is 22.0 Å². The highest BCUT2D eigenvalue weighted by atomic mass is 35.5. The smallest absolute Gasteiger partial charge is 0.407 e. The lowest BCUT2D eigenvalue weighted by molar-refractivity contribution is 0.0531. The third-order valence-corrected chi connectivity index (χ3v) is 8.57. The SMILES string of the molecule is Cc1cc(OCCCc2c(C(=O)NSCCNC(=O)OC(C)(C)C)[nH]c3c(-c4c(C)nn(C)c4C)cccc23)cc(C)c1Cl. The van der Waals surface area contributed by atoms with Gasteiger partial charge >= 0.3 is 6.09 Å². The number of hydrogen-bond donors (Lipinski definition) is 3. The molecule has 236 valence electrons. The summed E-state index contributed by atoms with van der Waals surface area (Å²) in [5, 5.41) is 9.06. The van der Waals surface area contributed by atoms with E-state index in [9.17, 15) is 9.59 Å². The van der Waals surface area contributed by atoms with E-state index in [1.807, 2.05) is 84.5 Å². The minimum absolute atomic E-state index is 0.228. The molecule has 0 fully saturated rings. The number of benzene rings is 2. The van der Waals surface area contributed by atoms with Crippen LogP contribution in [0.5, 0.6) is 5.75 Å². The Morgan fingerprint density at radius 2 is 1.82 bits per heavy atom. The van der Waals surface area contributed by atoms with E-state index in [0.717, 1.165) is 60.9 Å². The Hall–Kier alpha value is -3.63. The Morgan fingerprint density at radius 3 is 2.45 bits per heavy atom. The van der Waals surface area contributed by atoms with Crippen molar-refractivity contribution < 1.29 is 19.1 Å². The number of alkyl carbamates (subject to hydrolysis) is 1. The van der Waals surface area contributed by atoms with Crippen molar-refractivity contribution in [3.8, 4) is 16.9 Å². The van der Waals surface area contributed by atoms with Gasteiger partial charge in [0.25, 0.3) is 5.91 Å². The number of carbonyl (C=O) groups excluding carboxylic acids is 2. The van der Waals surface area contributed by atoms with E-state index >= 15 is 0 Å². The summed E-state index contributed by atoms with van der Waals surface area (Å²) in [5.41, 5.74) is 7.75. The van der Waals surface area contributed by atoms with Crippen molar-refractivity contribution in [2.75, 3.05) is 18.9 Å². The average Bonchev–Trinajstić information content (AvgIpc) is 3.43. The molecule has 11 heteroatoms. The molecule has 0 saturated heterocycles. The number of para-hydroxylation sites is 1. The van der Waals surface area contributed by atoms with Crippen LogP contribution in [0.4, 0.5) is 4.79 Å². The summed E-state index contributed by atoms with van der Waals surface area (Å²) in [6.07, 6.45) is 0.853. The minimum atomic E-state index is -0.568. The molecule has 9 nitrogen and oxygen atoms in total. The van der Waals surface area contributed by atoms with Gasteiger partial charge in [-0.05, 0) is 102 Å². The molecule has 0 spiro atoms. The number of aromatic amines is 1. The third kappa shape index (κ3) is 7.90. The zero-order chi connectivity index (χ0) is 32.2. The van der Waals surface area contributed by atoms with E-state index < -0.39 is 11.7 Å². The Kier molecular flexibility index (Phi) is 10.6. The van der Waals surface area contributed by atoms with Crippen LogP contribution < -0.4 is 14.8 Å². The first kappa shape index (κ1) is 33.3. The standard InChI is InChI=1S/C33H42ClN5O4S/c1-19-17-23(18-20(2)28(19)34)42-15-10-13-25-24-11-9-12-26(27-21(3)37-39(8)22(27)4)29(24)36-30(25)31(40)38-44-16-14-35-32(41)43-33(5,6)7/h9,11-12,17-18,36H,10,13-16H2,1-8H3,(H,35,41)(H,38,40). The summed E-state index contributed by atoms with van der Waals surface area (Å²) in [4.78, 5) is 28.9. The first-order valence-corrected chi connectivity index (χ1v) is 16.1. The van der Waals surface area contributed by atoms with E-state index in [2.05, 4.69) is 26.2 Å². The van der Waals surface area contributed by atoms with Crippen LogP contribution in [0.2, 0.25) is 5.02 Å². The van der Waals surface area contributed by atoms with Gasteiger partial charge in [0, 0.05) is 46.6 Å². The topological polar surface area (TPSA) is 110 Å². The molecule has 0 saturated carbocycles. The molecular weight excluding hydrogens is 598 g/mol. The van der Waals surface area contributed by atoms with E-state index in [-0.39, 0.29) is 5.91 Å². The summed E-state index contributed by atoms with van der Waals surface area (Å²) in [6, 6.07) is 10.0. The lowest BCUT2D eigenvalue weighted by Crippen LogP contribution is -2.34. The van der Waals surface area contributed by atoms with Crippen LogP contribution >= 0.6 is 23.5 Å². The Morgan fingerprint density at radius 1 is 1.11 bits per heavy atom. The summed E-state index contributed by atoms with van der Waals surface area (Å²) in [6.45, 7) is 14.3. The molecule has 0 aliphatic carbocycles. The molecule has 0 aliphatic heterocycles. The summed E-state index contributed by atoms with van der Waals surface area (Å²) < 4.78 is 16.2. The maximum absolute atomic E-state index is 13.5. The fourth-order valence-electron chi connectivity index (χ4n) is 5.21. The van der Waals surface area contributed by atoms with Crippen molar-refractivity contribution in [1.82, 2.24) is 24.8 Å². The number of rotatable bonds is 11. The van der Waals surface area contributed by atoms with Gasteiger partial charge < -0.3 is 19.8 Å².